The van der Waals surface area contributed by atoms with Crippen molar-refractivity contribution >= 4 is 28.2 Å². The highest BCUT2D eigenvalue weighted by Crippen LogP contribution is 2.38. The van der Waals surface area contributed by atoms with Gasteiger partial charge in [0.1, 0.15) is 10.7 Å². The lowest BCUT2D eigenvalue weighted by atomic mass is 9.95. The lowest BCUT2D eigenvalue weighted by Crippen LogP contribution is -2.15. The van der Waals surface area contributed by atoms with Crippen LogP contribution < -0.4 is 5.32 Å². The molecule has 29 heavy (non-hydrogen) atoms. The number of nitrogens with zero attached hydrogens (tertiary/aromatic N) is 3. The number of aryl methyl sites for hydroxylation is 2. The van der Waals surface area contributed by atoms with Crippen molar-refractivity contribution in [1.29, 1.82) is 0 Å². The predicted molar refractivity (Wildman–Crippen MR) is 107 cm³/mol. The molecular formula is C20H20N4O4S. The van der Waals surface area contributed by atoms with E-state index in [1.165, 1.54) is 18.4 Å². The highest BCUT2D eigenvalue weighted by atomic mass is 32.1. The standard InChI is InChI=1S/C20H20N4O4S/c1-27-20(26)17-12-6-2-3-8-14(12)29-19(17)22-15(25)9-10-16-23-18(24-28-16)13-7-4-5-11-21-13/h4-5,7,11H,2-3,6,8-10H2,1H3,(H,22,25). The molecule has 1 aliphatic rings. The van der Waals surface area contributed by atoms with Gasteiger partial charge < -0.3 is 14.6 Å². The number of amides is 1. The molecule has 3 aromatic rings. The molecule has 4 rings (SSSR count). The molecule has 0 saturated carbocycles. The average molecular weight is 412 g/mol. The van der Waals surface area contributed by atoms with Crippen LogP contribution in [0.5, 0.6) is 0 Å². The van der Waals surface area contributed by atoms with E-state index in [4.69, 9.17) is 9.26 Å². The average Bonchev–Trinajstić information content (AvgIpc) is 3.37. The molecule has 9 heteroatoms. The minimum Gasteiger partial charge on any atom is -0.465 e. The number of aromatic nitrogens is 3. The molecule has 3 aromatic heterocycles. The Labute approximate surface area is 171 Å². The molecule has 0 aliphatic heterocycles. The van der Waals surface area contributed by atoms with Crippen LogP contribution in [0.4, 0.5) is 5.00 Å². The molecule has 1 N–H and O–H groups in total. The summed E-state index contributed by atoms with van der Waals surface area (Å²) in [6.07, 6.45) is 6.01. The van der Waals surface area contributed by atoms with Crippen LogP contribution in [0.15, 0.2) is 28.9 Å². The molecule has 0 bridgehead atoms. The summed E-state index contributed by atoms with van der Waals surface area (Å²) in [6.45, 7) is 0. The number of anilines is 1. The van der Waals surface area contributed by atoms with Crippen LogP contribution in [0, 0.1) is 0 Å². The second kappa shape index (κ2) is 8.52. The highest BCUT2D eigenvalue weighted by Gasteiger charge is 2.27. The highest BCUT2D eigenvalue weighted by molar-refractivity contribution is 7.17. The van der Waals surface area contributed by atoms with Crippen LogP contribution >= 0.6 is 11.3 Å². The minimum absolute atomic E-state index is 0.160. The molecule has 8 nitrogen and oxygen atoms in total. The summed E-state index contributed by atoms with van der Waals surface area (Å²) in [7, 11) is 1.36. The van der Waals surface area contributed by atoms with E-state index in [2.05, 4.69) is 20.4 Å². The van der Waals surface area contributed by atoms with E-state index in [9.17, 15) is 9.59 Å². The second-order valence-corrected chi connectivity index (χ2v) is 7.79. The van der Waals surface area contributed by atoms with E-state index < -0.39 is 5.97 Å². The van der Waals surface area contributed by atoms with E-state index in [-0.39, 0.29) is 12.3 Å². The van der Waals surface area contributed by atoms with Gasteiger partial charge in [0.25, 0.3) is 0 Å². The maximum atomic E-state index is 12.5. The number of thiophene rings is 1. The summed E-state index contributed by atoms with van der Waals surface area (Å²) < 4.78 is 10.1. The fourth-order valence-corrected chi connectivity index (χ4v) is 4.63. The summed E-state index contributed by atoms with van der Waals surface area (Å²) >= 11 is 1.46. The predicted octanol–water partition coefficient (Wildman–Crippen LogP) is 3.43. The first-order valence-corrected chi connectivity index (χ1v) is 10.2. The first kappa shape index (κ1) is 19.3. The largest absolute Gasteiger partial charge is 0.465 e. The summed E-state index contributed by atoms with van der Waals surface area (Å²) in [5.41, 5.74) is 2.12. The van der Waals surface area contributed by atoms with Gasteiger partial charge in [-0.2, -0.15) is 4.98 Å². The Kier molecular flexibility index (Phi) is 5.66. The third kappa shape index (κ3) is 4.19. The number of rotatable bonds is 6. The molecule has 0 fully saturated rings. The Balaban J connectivity index is 1.42. The molecule has 0 saturated heterocycles. The summed E-state index contributed by atoms with van der Waals surface area (Å²) in [4.78, 5) is 34.3. The van der Waals surface area contributed by atoms with Gasteiger partial charge >= 0.3 is 5.97 Å². The van der Waals surface area contributed by atoms with Crippen LogP contribution in [0.3, 0.4) is 0 Å². The molecular weight excluding hydrogens is 392 g/mol. The van der Waals surface area contributed by atoms with Gasteiger partial charge in [0.05, 0.1) is 12.7 Å². The van der Waals surface area contributed by atoms with E-state index in [1.54, 1.807) is 18.3 Å². The quantitative estimate of drug-likeness (QED) is 0.618. The van der Waals surface area contributed by atoms with Gasteiger partial charge in [0.15, 0.2) is 0 Å². The fraction of sp³-hybridized carbons (Fsp3) is 0.350. The van der Waals surface area contributed by atoms with Crippen molar-refractivity contribution in [2.45, 2.75) is 38.5 Å². The van der Waals surface area contributed by atoms with Crippen LogP contribution in [-0.4, -0.2) is 34.1 Å². The summed E-state index contributed by atoms with van der Waals surface area (Å²) in [5, 5.41) is 7.33. The number of ether oxygens (including phenoxy) is 1. The lowest BCUT2D eigenvalue weighted by molar-refractivity contribution is -0.116. The first-order chi connectivity index (χ1) is 14.2. The van der Waals surface area contributed by atoms with Crippen LogP contribution in [-0.2, 0) is 28.8 Å². The van der Waals surface area contributed by atoms with Crippen molar-refractivity contribution in [3.8, 4) is 11.5 Å². The van der Waals surface area contributed by atoms with Gasteiger partial charge in [-0.05, 0) is 43.4 Å². The number of hydrogen-bond acceptors (Lipinski definition) is 8. The SMILES string of the molecule is COC(=O)c1c(NC(=O)CCc2nc(-c3ccccn3)no2)sc2c1CCCC2. The molecule has 3 heterocycles. The Morgan fingerprint density at radius 3 is 2.93 bits per heavy atom. The topological polar surface area (TPSA) is 107 Å². The molecule has 0 aromatic carbocycles. The second-order valence-electron chi connectivity index (χ2n) is 6.68. The number of hydrogen-bond donors (Lipinski definition) is 1. The van der Waals surface area contributed by atoms with Crippen LogP contribution in [0.25, 0.3) is 11.5 Å². The zero-order valence-electron chi connectivity index (χ0n) is 15.9. The number of fused-ring (bicyclic) bond motifs is 1. The summed E-state index contributed by atoms with van der Waals surface area (Å²) in [6, 6.07) is 5.43. The van der Waals surface area contributed by atoms with E-state index in [0.29, 0.717) is 34.4 Å². The number of nitrogens with one attached hydrogen (secondary N) is 1. The van der Waals surface area contributed by atoms with Crippen LogP contribution in [0.1, 0.15) is 46.0 Å². The molecule has 0 unspecified atom stereocenters. The lowest BCUT2D eigenvalue weighted by Gasteiger charge is -2.11. The zero-order valence-corrected chi connectivity index (χ0v) is 16.8. The Morgan fingerprint density at radius 2 is 2.14 bits per heavy atom. The van der Waals surface area contributed by atoms with E-state index in [0.717, 1.165) is 36.1 Å². The Bertz CT molecular complexity index is 1030. The Morgan fingerprint density at radius 1 is 1.28 bits per heavy atom. The summed E-state index contributed by atoms with van der Waals surface area (Å²) in [5.74, 6) is 0.127. The molecule has 1 amide bonds. The molecule has 0 radical (unpaired) electrons. The number of carbonyl (C=O) groups excluding carboxylic acids is 2. The van der Waals surface area contributed by atoms with Crippen molar-refractivity contribution in [2.24, 2.45) is 0 Å². The third-order valence-corrected chi connectivity index (χ3v) is 5.95. The van der Waals surface area contributed by atoms with Crippen LogP contribution in [0.2, 0.25) is 0 Å². The van der Waals surface area contributed by atoms with Crippen molar-refractivity contribution in [3.63, 3.8) is 0 Å². The smallest absolute Gasteiger partial charge is 0.341 e. The molecule has 150 valence electrons. The van der Waals surface area contributed by atoms with Gasteiger partial charge in [0, 0.05) is 23.9 Å². The maximum absolute atomic E-state index is 12.5. The maximum Gasteiger partial charge on any atom is 0.341 e. The fourth-order valence-electron chi connectivity index (χ4n) is 3.34. The minimum atomic E-state index is -0.406. The third-order valence-electron chi connectivity index (χ3n) is 4.74. The normalized spacial score (nSPS) is 13.0. The number of esters is 1. The first-order valence-electron chi connectivity index (χ1n) is 9.42. The van der Waals surface area contributed by atoms with E-state index in [1.807, 2.05) is 6.07 Å². The van der Waals surface area contributed by atoms with Gasteiger partial charge in [-0.1, -0.05) is 11.2 Å². The van der Waals surface area contributed by atoms with Crippen molar-refractivity contribution in [2.75, 3.05) is 12.4 Å². The number of pyridine rings is 1. The molecule has 0 spiro atoms. The van der Waals surface area contributed by atoms with Gasteiger partial charge in [0.2, 0.25) is 17.6 Å². The molecule has 1 aliphatic carbocycles. The number of carbonyl (C=O) groups is 2. The van der Waals surface area contributed by atoms with Crippen molar-refractivity contribution in [1.82, 2.24) is 15.1 Å². The Hall–Kier alpha value is -3.07. The van der Waals surface area contributed by atoms with Gasteiger partial charge in [-0.15, -0.1) is 11.3 Å². The van der Waals surface area contributed by atoms with Crippen molar-refractivity contribution in [3.05, 3.63) is 46.3 Å². The molecule has 0 atom stereocenters. The number of methoxy groups -OCH3 is 1. The zero-order chi connectivity index (χ0) is 20.2. The van der Waals surface area contributed by atoms with Gasteiger partial charge in [-0.3, -0.25) is 9.78 Å². The van der Waals surface area contributed by atoms with Crippen molar-refractivity contribution < 1.29 is 18.8 Å². The van der Waals surface area contributed by atoms with Gasteiger partial charge in [-0.25, -0.2) is 4.79 Å². The van der Waals surface area contributed by atoms with E-state index >= 15 is 0 Å². The monoisotopic (exact) mass is 412 g/mol.